The summed E-state index contributed by atoms with van der Waals surface area (Å²) < 4.78 is 5.33. The minimum absolute atomic E-state index is 0.0284. The van der Waals surface area contributed by atoms with Gasteiger partial charge in [-0.25, -0.2) is 19.6 Å². The molecule has 0 saturated carbocycles. The number of rotatable bonds is 2. The predicted octanol–water partition coefficient (Wildman–Crippen LogP) is 1.60. The lowest BCUT2D eigenvalue weighted by molar-refractivity contribution is -0.139. The molecule has 1 aromatic rings. The molecular weight excluding hydrogens is 312 g/mol. The lowest BCUT2D eigenvalue weighted by Gasteiger charge is -2.39. The number of piperazine rings is 1. The zero-order valence-corrected chi connectivity index (χ0v) is 14.7. The second-order valence-electron chi connectivity index (χ2n) is 6.92. The van der Waals surface area contributed by atoms with Crippen molar-refractivity contribution in [3.05, 3.63) is 17.5 Å². The van der Waals surface area contributed by atoms with E-state index in [2.05, 4.69) is 9.97 Å². The summed E-state index contributed by atoms with van der Waals surface area (Å²) in [5.74, 6) is -0.644. The number of hydrogen-bond donors (Lipinski definition) is 1. The van der Waals surface area contributed by atoms with E-state index < -0.39 is 23.7 Å². The Labute approximate surface area is 141 Å². The number of anilines is 1. The summed E-state index contributed by atoms with van der Waals surface area (Å²) >= 11 is 0. The van der Waals surface area contributed by atoms with Crippen molar-refractivity contribution >= 4 is 18.0 Å². The molecule has 8 heteroatoms. The molecule has 2 heterocycles. The van der Waals surface area contributed by atoms with Crippen molar-refractivity contribution in [3.63, 3.8) is 0 Å². The van der Waals surface area contributed by atoms with Gasteiger partial charge in [0, 0.05) is 24.5 Å². The van der Waals surface area contributed by atoms with E-state index in [0.29, 0.717) is 19.0 Å². The SMILES string of the molecule is Cc1cc(C)nc(N2CCN(C(=O)OC(C)(C)C)C[C@H]2C(=O)O)n1. The maximum absolute atomic E-state index is 12.2. The van der Waals surface area contributed by atoms with Gasteiger partial charge in [-0.05, 0) is 40.7 Å². The van der Waals surface area contributed by atoms with Crippen molar-refractivity contribution in [1.29, 1.82) is 0 Å². The Morgan fingerprint density at radius 3 is 2.29 bits per heavy atom. The molecule has 1 aliphatic rings. The smallest absolute Gasteiger partial charge is 0.410 e. The van der Waals surface area contributed by atoms with Crippen LogP contribution in [0.3, 0.4) is 0 Å². The van der Waals surface area contributed by atoms with Crippen LogP contribution < -0.4 is 4.90 Å². The minimum atomic E-state index is -1.02. The fraction of sp³-hybridized carbons (Fsp3) is 0.625. The molecule has 1 aromatic heterocycles. The van der Waals surface area contributed by atoms with Crippen LogP contribution in [-0.2, 0) is 9.53 Å². The van der Waals surface area contributed by atoms with E-state index in [4.69, 9.17) is 4.74 Å². The summed E-state index contributed by atoms with van der Waals surface area (Å²) in [4.78, 5) is 35.6. The van der Waals surface area contributed by atoms with E-state index in [1.807, 2.05) is 19.9 Å². The second kappa shape index (κ2) is 6.62. The molecule has 0 radical (unpaired) electrons. The summed E-state index contributed by atoms with van der Waals surface area (Å²) in [7, 11) is 0. The van der Waals surface area contributed by atoms with Crippen molar-refractivity contribution in [2.75, 3.05) is 24.5 Å². The van der Waals surface area contributed by atoms with Crippen LogP contribution >= 0.6 is 0 Å². The molecule has 1 atom stereocenters. The van der Waals surface area contributed by atoms with E-state index in [0.717, 1.165) is 11.4 Å². The highest BCUT2D eigenvalue weighted by Crippen LogP contribution is 2.20. The molecule has 24 heavy (non-hydrogen) atoms. The Hall–Kier alpha value is -2.38. The second-order valence-corrected chi connectivity index (χ2v) is 6.92. The molecule has 1 aliphatic heterocycles. The Morgan fingerprint density at radius 2 is 1.79 bits per heavy atom. The number of aliphatic carboxylic acids is 1. The van der Waals surface area contributed by atoms with Gasteiger partial charge in [0.05, 0.1) is 6.54 Å². The zero-order chi connectivity index (χ0) is 18.1. The predicted molar refractivity (Wildman–Crippen MR) is 88.1 cm³/mol. The highest BCUT2D eigenvalue weighted by molar-refractivity contribution is 5.79. The lowest BCUT2D eigenvalue weighted by atomic mass is 10.1. The van der Waals surface area contributed by atoms with Crippen molar-refractivity contribution in [3.8, 4) is 0 Å². The van der Waals surface area contributed by atoms with Crippen molar-refractivity contribution in [2.24, 2.45) is 0 Å². The van der Waals surface area contributed by atoms with Crippen LogP contribution in [-0.4, -0.2) is 63.3 Å². The maximum atomic E-state index is 12.2. The van der Waals surface area contributed by atoms with Gasteiger partial charge in [0.1, 0.15) is 11.6 Å². The third-order valence-corrected chi connectivity index (χ3v) is 3.54. The zero-order valence-electron chi connectivity index (χ0n) is 14.7. The molecule has 8 nitrogen and oxygen atoms in total. The van der Waals surface area contributed by atoms with Crippen LogP contribution in [0.25, 0.3) is 0 Å². The number of ether oxygens (including phenoxy) is 1. The molecule has 1 fully saturated rings. The number of nitrogens with zero attached hydrogens (tertiary/aromatic N) is 4. The molecule has 0 bridgehead atoms. The third kappa shape index (κ3) is 4.33. The van der Waals surface area contributed by atoms with Crippen LogP contribution in [0.1, 0.15) is 32.2 Å². The normalized spacial score (nSPS) is 18.5. The third-order valence-electron chi connectivity index (χ3n) is 3.54. The van der Waals surface area contributed by atoms with E-state index in [1.165, 1.54) is 4.90 Å². The Kier molecular flexibility index (Phi) is 4.96. The van der Waals surface area contributed by atoms with Crippen LogP contribution in [0.5, 0.6) is 0 Å². The number of carboxylic acid groups (broad SMARTS) is 1. The quantitative estimate of drug-likeness (QED) is 0.876. The molecule has 1 N–H and O–H groups in total. The highest BCUT2D eigenvalue weighted by atomic mass is 16.6. The molecule has 0 unspecified atom stereocenters. The van der Waals surface area contributed by atoms with Gasteiger partial charge in [-0.1, -0.05) is 0 Å². The molecule has 0 aliphatic carbocycles. The number of aryl methyl sites for hydroxylation is 2. The van der Waals surface area contributed by atoms with Crippen LogP contribution in [0.15, 0.2) is 6.07 Å². The lowest BCUT2D eigenvalue weighted by Crippen LogP contribution is -2.59. The largest absolute Gasteiger partial charge is 0.480 e. The van der Waals surface area contributed by atoms with Gasteiger partial charge in [-0.3, -0.25) is 0 Å². The van der Waals surface area contributed by atoms with Gasteiger partial charge in [-0.15, -0.1) is 0 Å². The van der Waals surface area contributed by atoms with Gasteiger partial charge in [0.25, 0.3) is 0 Å². The van der Waals surface area contributed by atoms with Gasteiger partial charge in [0.2, 0.25) is 5.95 Å². The molecule has 0 spiro atoms. The number of carbonyl (C=O) groups is 2. The average molecular weight is 336 g/mol. The number of carbonyl (C=O) groups excluding carboxylic acids is 1. The summed E-state index contributed by atoms with van der Waals surface area (Å²) in [5.41, 5.74) is 0.927. The summed E-state index contributed by atoms with van der Waals surface area (Å²) in [6, 6.07) is 0.920. The molecule has 132 valence electrons. The van der Waals surface area contributed by atoms with Crippen molar-refractivity contribution < 1.29 is 19.4 Å². The monoisotopic (exact) mass is 336 g/mol. The average Bonchev–Trinajstić information content (AvgIpc) is 2.43. The van der Waals surface area contributed by atoms with Crippen LogP contribution in [0.2, 0.25) is 0 Å². The summed E-state index contributed by atoms with van der Waals surface area (Å²) in [6.45, 7) is 9.72. The van der Waals surface area contributed by atoms with Crippen molar-refractivity contribution in [2.45, 2.75) is 46.3 Å². The van der Waals surface area contributed by atoms with E-state index >= 15 is 0 Å². The molecular formula is C16H24N4O4. The van der Waals surface area contributed by atoms with Crippen molar-refractivity contribution in [1.82, 2.24) is 14.9 Å². The van der Waals surface area contributed by atoms with Gasteiger partial charge in [-0.2, -0.15) is 0 Å². The fourth-order valence-electron chi connectivity index (χ4n) is 2.56. The first-order valence-corrected chi connectivity index (χ1v) is 7.86. The first kappa shape index (κ1) is 18.0. The minimum Gasteiger partial charge on any atom is -0.480 e. The molecule has 2 rings (SSSR count). The highest BCUT2D eigenvalue weighted by Gasteiger charge is 2.37. The number of hydrogen-bond acceptors (Lipinski definition) is 6. The van der Waals surface area contributed by atoms with E-state index in [1.54, 1.807) is 25.7 Å². The van der Waals surface area contributed by atoms with Gasteiger partial charge >= 0.3 is 12.1 Å². The standard InChI is InChI=1S/C16H24N4O4/c1-10-8-11(2)18-14(17-10)20-7-6-19(9-12(20)13(21)22)15(23)24-16(3,4)5/h8,12H,6-7,9H2,1-5H3,(H,21,22)/t12-/m0/s1. The van der Waals surface area contributed by atoms with Gasteiger partial charge in [0.15, 0.2) is 0 Å². The number of amides is 1. The summed E-state index contributed by atoms with van der Waals surface area (Å²) in [5, 5.41) is 9.56. The molecule has 0 aromatic carbocycles. The first-order valence-electron chi connectivity index (χ1n) is 7.86. The number of carboxylic acids is 1. The Bertz CT molecular complexity index is 621. The van der Waals surface area contributed by atoms with E-state index in [-0.39, 0.29) is 6.54 Å². The van der Waals surface area contributed by atoms with Crippen LogP contribution in [0.4, 0.5) is 10.7 Å². The number of aromatic nitrogens is 2. The topological polar surface area (TPSA) is 95.9 Å². The fourth-order valence-corrected chi connectivity index (χ4v) is 2.56. The molecule has 1 amide bonds. The van der Waals surface area contributed by atoms with Gasteiger partial charge < -0.3 is 19.6 Å². The first-order chi connectivity index (χ1) is 11.1. The summed E-state index contributed by atoms with van der Waals surface area (Å²) in [6.07, 6.45) is -0.505. The Morgan fingerprint density at radius 1 is 1.21 bits per heavy atom. The maximum Gasteiger partial charge on any atom is 0.410 e. The molecule has 1 saturated heterocycles. The van der Waals surface area contributed by atoms with Crippen LogP contribution in [0, 0.1) is 13.8 Å². The Balaban J connectivity index is 2.20. The van der Waals surface area contributed by atoms with E-state index in [9.17, 15) is 14.7 Å².